The predicted octanol–water partition coefficient (Wildman–Crippen LogP) is 5.29. The van der Waals surface area contributed by atoms with Crippen LogP contribution in [0.2, 0.25) is 0 Å². The quantitative estimate of drug-likeness (QED) is 0.497. The van der Waals surface area contributed by atoms with Gasteiger partial charge in [0.2, 0.25) is 5.89 Å². The zero-order valence-corrected chi connectivity index (χ0v) is 15.5. The van der Waals surface area contributed by atoms with Gasteiger partial charge in [0.25, 0.3) is 5.89 Å². The second-order valence-corrected chi connectivity index (χ2v) is 6.71. The minimum atomic E-state index is 0.378. The van der Waals surface area contributed by atoms with Gasteiger partial charge >= 0.3 is 0 Å². The van der Waals surface area contributed by atoms with Crippen molar-refractivity contribution in [2.75, 3.05) is 0 Å². The van der Waals surface area contributed by atoms with Crippen LogP contribution < -0.4 is 0 Å². The fraction of sp³-hybridized carbons (Fsp3) is 0.182. The molecule has 134 valence electrons. The van der Waals surface area contributed by atoms with Crippen LogP contribution in [0.25, 0.3) is 34.3 Å². The Morgan fingerprint density at radius 1 is 0.852 bits per heavy atom. The molecule has 0 amide bonds. The van der Waals surface area contributed by atoms with Crippen LogP contribution in [0.4, 0.5) is 0 Å². The zero-order chi connectivity index (χ0) is 18.8. The molecule has 5 nitrogen and oxygen atoms in total. The van der Waals surface area contributed by atoms with Crippen LogP contribution in [0.3, 0.4) is 0 Å². The van der Waals surface area contributed by atoms with E-state index in [0.29, 0.717) is 23.4 Å². The minimum Gasteiger partial charge on any atom is -0.415 e. The van der Waals surface area contributed by atoms with E-state index in [9.17, 15) is 0 Å². The Balaban J connectivity index is 1.78. The van der Waals surface area contributed by atoms with Gasteiger partial charge < -0.3 is 4.42 Å². The Morgan fingerprint density at radius 3 is 2.33 bits per heavy atom. The van der Waals surface area contributed by atoms with Gasteiger partial charge in [0.15, 0.2) is 0 Å². The largest absolute Gasteiger partial charge is 0.415 e. The van der Waals surface area contributed by atoms with E-state index in [2.05, 4.69) is 41.2 Å². The summed E-state index contributed by atoms with van der Waals surface area (Å²) < 4.78 is 5.88. The molecule has 4 aromatic rings. The van der Waals surface area contributed by atoms with Crippen LogP contribution in [0.15, 0.2) is 65.2 Å². The van der Waals surface area contributed by atoms with Gasteiger partial charge in [-0.25, -0.2) is 4.98 Å². The monoisotopic (exact) mass is 356 g/mol. The molecule has 27 heavy (non-hydrogen) atoms. The van der Waals surface area contributed by atoms with Crippen molar-refractivity contribution in [3.63, 3.8) is 0 Å². The third-order valence-corrected chi connectivity index (χ3v) is 4.46. The first kappa shape index (κ1) is 17.1. The average molecular weight is 356 g/mol. The molecule has 2 aromatic carbocycles. The van der Waals surface area contributed by atoms with E-state index in [1.165, 1.54) is 5.56 Å². The molecular weight excluding hydrogens is 336 g/mol. The molecule has 0 saturated heterocycles. The minimum absolute atomic E-state index is 0.378. The average Bonchev–Trinajstić information content (AvgIpc) is 3.19. The lowest BCUT2D eigenvalue weighted by Gasteiger charge is -2.12. The molecule has 0 aliphatic heterocycles. The van der Waals surface area contributed by atoms with Crippen LogP contribution in [-0.4, -0.2) is 20.2 Å². The molecule has 0 N–H and O–H groups in total. The molecule has 4 rings (SSSR count). The number of hydrogen-bond acceptors (Lipinski definition) is 5. The number of nitrogens with zero attached hydrogens (tertiary/aromatic N) is 4. The van der Waals surface area contributed by atoms with Crippen molar-refractivity contribution in [3.05, 3.63) is 72.1 Å². The molecule has 0 spiro atoms. The van der Waals surface area contributed by atoms with Crippen molar-refractivity contribution in [3.8, 4) is 34.3 Å². The van der Waals surface area contributed by atoms with Gasteiger partial charge in [-0.1, -0.05) is 56.3 Å². The van der Waals surface area contributed by atoms with Gasteiger partial charge in [0, 0.05) is 11.1 Å². The smallest absolute Gasteiger partial charge is 0.268 e. The summed E-state index contributed by atoms with van der Waals surface area (Å²) in [6, 6.07) is 18.0. The van der Waals surface area contributed by atoms with E-state index in [1.54, 1.807) is 6.20 Å². The molecule has 0 bridgehead atoms. The van der Waals surface area contributed by atoms with Crippen molar-refractivity contribution in [2.24, 2.45) is 0 Å². The lowest BCUT2D eigenvalue weighted by Crippen LogP contribution is -1.98. The van der Waals surface area contributed by atoms with Crippen molar-refractivity contribution >= 4 is 0 Å². The normalized spacial score (nSPS) is 11.1. The number of benzene rings is 2. The third kappa shape index (κ3) is 3.36. The fourth-order valence-corrected chi connectivity index (χ4v) is 3.03. The highest BCUT2D eigenvalue weighted by Crippen LogP contribution is 2.30. The summed E-state index contributed by atoms with van der Waals surface area (Å²) in [5.74, 6) is 1.24. The van der Waals surface area contributed by atoms with Crippen LogP contribution in [-0.2, 0) is 0 Å². The fourth-order valence-electron chi connectivity index (χ4n) is 3.03. The van der Waals surface area contributed by atoms with Crippen LogP contribution in [0, 0.1) is 6.92 Å². The Bertz CT molecular complexity index is 1070. The molecule has 0 aliphatic rings. The van der Waals surface area contributed by atoms with E-state index >= 15 is 0 Å². The molecular formula is C22H20N4O. The van der Waals surface area contributed by atoms with Gasteiger partial charge in [0.1, 0.15) is 5.69 Å². The first-order valence-electron chi connectivity index (χ1n) is 8.95. The highest BCUT2D eigenvalue weighted by Gasteiger charge is 2.17. The lowest BCUT2D eigenvalue weighted by atomic mass is 9.95. The molecule has 0 unspecified atom stereocenters. The predicted molar refractivity (Wildman–Crippen MR) is 105 cm³/mol. The molecule has 0 aliphatic carbocycles. The van der Waals surface area contributed by atoms with Gasteiger partial charge in [0.05, 0.1) is 17.6 Å². The maximum Gasteiger partial charge on any atom is 0.268 e. The second-order valence-electron chi connectivity index (χ2n) is 6.71. The molecule has 5 heteroatoms. The van der Waals surface area contributed by atoms with E-state index < -0.39 is 0 Å². The maximum atomic E-state index is 5.88. The Morgan fingerprint density at radius 2 is 1.56 bits per heavy atom. The van der Waals surface area contributed by atoms with Crippen LogP contribution >= 0.6 is 0 Å². The van der Waals surface area contributed by atoms with Gasteiger partial charge in [-0.05, 0) is 30.5 Å². The summed E-state index contributed by atoms with van der Waals surface area (Å²) in [6.45, 7) is 6.24. The summed E-state index contributed by atoms with van der Waals surface area (Å²) >= 11 is 0. The highest BCUT2D eigenvalue weighted by molar-refractivity contribution is 5.67. The standard InChI is InChI=1S/C22H20N4O/c1-14(2)17-11-7-8-12-18(17)19-13-23-15(3)20(24-19)22-26-25-21(27-22)16-9-5-4-6-10-16/h4-14H,1-3H3. The van der Waals surface area contributed by atoms with E-state index in [1.807, 2.05) is 49.4 Å². The molecule has 2 aromatic heterocycles. The number of rotatable bonds is 4. The van der Waals surface area contributed by atoms with Crippen molar-refractivity contribution in [1.82, 2.24) is 20.2 Å². The summed E-state index contributed by atoms with van der Waals surface area (Å²) in [7, 11) is 0. The number of hydrogen-bond donors (Lipinski definition) is 0. The van der Waals surface area contributed by atoms with Crippen LogP contribution in [0.1, 0.15) is 31.0 Å². The van der Waals surface area contributed by atoms with E-state index in [4.69, 9.17) is 9.40 Å². The molecule has 0 radical (unpaired) electrons. The Hall–Kier alpha value is -3.34. The maximum absolute atomic E-state index is 5.88. The summed E-state index contributed by atoms with van der Waals surface area (Å²) in [6.07, 6.45) is 1.80. The SMILES string of the molecule is Cc1ncc(-c2ccccc2C(C)C)nc1-c1nnc(-c2ccccc2)o1. The van der Waals surface area contributed by atoms with E-state index in [0.717, 1.165) is 22.5 Å². The lowest BCUT2D eigenvalue weighted by molar-refractivity contribution is 0.581. The van der Waals surface area contributed by atoms with Crippen molar-refractivity contribution < 1.29 is 4.42 Å². The first-order valence-corrected chi connectivity index (χ1v) is 8.95. The third-order valence-electron chi connectivity index (χ3n) is 4.46. The van der Waals surface area contributed by atoms with Gasteiger partial charge in [-0.3, -0.25) is 4.98 Å². The highest BCUT2D eigenvalue weighted by atomic mass is 16.4. The van der Waals surface area contributed by atoms with Gasteiger partial charge in [-0.2, -0.15) is 0 Å². The number of aryl methyl sites for hydroxylation is 1. The summed E-state index contributed by atoms with van der Waals surface area (Å²) in [4.78, 5) is 9.33. The Labute approximate surface area is 158 Å². The summed E-state index contributed by atoms with van der Waals surface area (Å²) in [5, 5.41) is 8.36. The van der Waals surface area contributed by atoms with Crippen LogP contribution in [0.5, 0.6) is 0 Å². The molecule has 0 saturated carbocycles. The topological polar surface area (TPSA) is 64.7 Å². The van der Waals surface area contributed by atoms with E-state index in [-0.39, 0.29) is 0 Å². The Kier molecular flexibility index (Phi) is 4.50. The zero-order valence-electron chi connectivity index (χ0n) is 15.5. The summed E-state index contributed by atoms with van der Waals surface area (Å²) in [5.41, 5.74) is 5.36. The van der Waals surface area contributed by atoms with Crippen molar-refractivity contribution in [1.29, 1.82) is 0 Å². The molecule has 2 heterocycles. The second kappa shape index (κ2) is 7.11. The molecule has 0 atom stereocenters. The molecule has 0 fully saturated rings. The van der Waals surface area contributed by atoms with Gasteiger partial charge in [-0.15, -0.1) is 10.2 Å². The van der Waals surface area contributed by atoms with Crippen molar-refractivity contribution in [2.45, 2.75) is 26.7 Å². The number of aromatic nitrogens is 4. The first-order chi connectivity index (χ1) is 13.1.